The van der Waals surface area contributed by atoms with Crippen LogP contribution < -0.4 is 10.2 Å². The van der Waals surface area contributed by atoms with Gasteiger partial charge in [-0.25, -0.2) is 22.1 Å². The number of nitrogens with one attached hydrogen (secondary N) is 1. The van der Waals surface area contributed by atoms with Gasteiger partial charge in [-0.05, 0) is 44.4 Å². The van der Waals surface area contributed by atoms with Gasteiger partial charge in [0.05, 0.1) is 46.8 Å². The summed E-state index contributed by atoms with van der Waals surface area (Å²) in [6.45, 7) is 2.34. The maximum absolute atomic E-state index is 15.3. The van der Waals surface area contributed by atoms with Crippen molar-refractivity contribution in [3.8, 4) is 10.7 Å². The van der Waals surface area contributed by atoms with Gasteiger partial charge in [0.25, 0.3) is 18.2 Å². The fourth-order valence-corrected chi connectivity index (χ4v) is 7.73. The third-order valence-electron chi connectivity index (χ3n) is 9.36. The monoisotopic (exact) mass is 645 g/mol. The molecule has 2 atom stereocenters. The summed E-state index contributed by atoms with van der Waals surface area (Å²) in [7, 11) is 0. The van der Waals surface area contributed by atoms with E-state index in [0.717, 1.165) is 10.6 Å². The number of aromatic nitrogens is 4. The van der Waals surface area contributed by atoms with Gasteiger partial charge in [0.15, 0.2) is 0 Å². The molecular weight excluding hydrogens is 618 g/mol. The number of rotatable bonds is 7. The van der Waals surface area contributed by atoms with Crippen molar-refractivity contribution in [2.24, 2.45) is 11.3 Å². The third-order valence-corrected chi connectivity index (χ3v) is 10.4. The molecule has 0 unspecified atom stereocenters. The molecule has 4 fully saturated rings. The Hall–Kier alpha value is -4.05. The molecule has 45 heavy (non-hydrogen) atoms. The number of thiophene rings is 1. The number of halogens is 4. The van der Waals surface area contributed by atoms with Gasteiger partial charge in [0.1, 0.15) is 11.8 Å². The summed E-state index contributed by atoms with van der Waals surface area (Å²) >= 11 is 1.28. The van der Waals surface area contributed by atoms with E-state index in [0.29, 0.717) is 34.7 Å². The first-order valence-corrected chi connectivity index (χ1v) is 15.3. The fourth-order valence-electron chi connectivity index (χ4n) is 6.83. The topological polar surface area (TPSA) is 129 Å². The number of aryl methyl sites for hydroxylation is 1. The first-order chi connectivity index (χ1) is 21.4. The number of likely N-dealkylation sites (tertiary alicyclic amines) is 1. The van der Waals surface area contributed by atoms with Gasteiger partial charge in [-0.3, -0.25) is 9.59 Å². The quantitative estimate of drug-likeness (QED) is 0.289. The van der Waals surface area contributed by atoms with Gasteiger partial charge in [0.2, 0.25) is 17.4 Å². The molecule has 236 valence electrons. The van der Waals surface area contributed by atoms with Gasteiger partial charge in [-0.1, -0.05) is 5.16 Å². The summed E-state index contributed by atoms with van der Waals surface area (Å²) in [6, 6.07) is 5.33. The van der Waals surface area contributed by atoms with Crippen molar-refractivity contribution < 1.29 is 36.8 Å². The van der Waals surface area contributed by atoms with Crippen LogP contribution in [0, 0.1) is 18.3 Å². The number of hydrogen-bond donors (Lipinski definition) is 2. The number of aliphatic hydroxyl groups is 1. The minimum Gasteiger partial charge on any atom is -0.384 e. The average molecular weight is 646 g/mol. The van der Waals surface area contributed by atoms with Crippen LogP contribution in [0.4, 0.5) is 28.9 Å². The van der Waals surface area contributed by atoms with Crippen LogP contribution in [-0.4, -0.2) is 86.0 Å². The van der Waals surface area contributed by atoms with Crippen molar-refractivity contribution in [3.63, 3.8) is 0 Å². The van der Waals surface area contributed by atoms with Crippen LogP contribution in [0.3, 0.4) is 0 Å². The lowest BCUT2D eigenvalue weighted by atomic mass is 9.55. The van der Waals surface area contributed by atoms with Gasteiger partial charge in [-0.15, -0.1) is 11.3 Å². The molecule has 1 spiro atoms. The molecule has 2 saturated heterocycles. The first kappa shape index (κ1) is 28.4. The number of carbonyl (C=O) groups is 2. The molecular formula is C29H27F4N7O4S. The summed E-state index contributed by atoms with van der Waals surface area (Å²) in [5.74, 6) is -1.61. The maximum Gasteiger partial charge on any atom is 0.268 e. The van der Waals surface area contributed by atoms with E-state index in [1.54, 1.807) is 23.7 Å². The minimum absolute atomic E-state index is 0.0699. The zero-order valence-corrected chi connectivity index (χ0v) is 24.7. The normalized spacial score (nSPS) is 24.0. The highest BCUT2D eigenvalue weighted by Gasteiger charge is 2.63. The maximum atomic E-state index is 15.3. The highest BCUT2D eigenvalue weighted by Crippen LogP contribution is 2.57. The van der Waals surface area contributed by atoms with E-state index in [1.165, 1.54) is 22.4 Å². The van der Waals surface area contributed by atoms with Crippen LogP contribution in [0.25, 0.3) is 16.2 Å². The summed E-state index contributed by atoms with van der Waals surface area (Å²) in [4.78, 5) is 34.3. The highest BCUT2D eigenvalue weighted by atomic mass is 32.1. The predicted molar refractivity (Wildman–Crippen MR) is 153 cm³/mol. The Bertz CT molecular complexity index is 1850. The van der Waals surface area contributed by atoms with Crippen LogP contribution in [0.2, 0.25) is 0 Å². The Labute approximate surface area is 256 Å². The van der Waals surface area contributed by atoms with Gasteiger partial charge in [0, 0.05) is 35.3 Å². The average Bonchev–Trinajstić information content (AvgIpc) is 3.30. The van der Waals surface area contributed by atoms with Crippen molar-refractivity contribution in [1.29, 1.82) is 0 Å². The summed E-state index contributed by atoms with van der Waals surface area (Å²) < 4.78 is 61.5. The van der Waals surface area contributed by atoms with Crippen LogP contribution >= 0.6 is 11.3 Å². The van der Waals surface area contributed by atoms with Crippen molar-refractivity contribution in [3.05, 3.63) is 46.9 Å². The van der Waals surface area contributed by atoms with E-state index in [-0.39, 0.29) is 49.5 Å². The molecule has 0 bridgehead atoms. The third kappa shape index (κ3) is 4.51. The number of anilines is 2. The van der Waals surface area contributed by atoms with Crippen LogP contribution in [0.1, 0.15) is 40.4 Å². The molecule has 11 nitrogen and oxygen atoms in total. The van der Waals surface area contributed by atoms with E-state index in [2.05, 4.69) is 20.6 Å². The number of fused-ring (bicyclic) bond motifs is 1. The van der Waals surface area contributed by atoms with Crippen molar-refractivity contribution >= 4 is 40.0 Å². The molecule has 4 aliphatic rings. The molecule has 2 aliphatic carbocycles. The zero-order valence-electron chi connectivity index (χ0n) is 23.8. The Morgan fingerprint density at radius 2 is 1.93 bits per heavy atom. The Balaban J connectivity index is 0.937. The predicted octanol–water partition coefficient (Wildman–Crippen LogP) is 3.97. The largest absolute Gasteiger partial charge is 0.384 e. The SMILES string of the molecule is Cc1sc(-c2noc(C3(F)CN(C(=O)[C@H]4C[C@@H]4F)C3)n2)cc1NC(=O)c1cnn2ccc(N3CC4(C3)CC(O)(C(F)F)C4)cc12. The highest BCUT2D eigenvalue weighted by molar-refractivity contribution is 7.16. The molecule has 6 heterocycles. The fraction of sp³-hybridized carbons (Fsp3) is 0.483. The van der Waals surface area contributed by atoms with E-state index < -0.39 is 41.6 Å². The van der Waals surface area contributed by atoms with Crippen molar-refractivity contribution in [2.75, 3.05) is 36.4 Å². The van der Waals surface area contributed by atoms with Crippen LogP contribution in [0.5, 0.6) is 0 Å². The molecule has 0 radical (unpaired) electrons. The van der Waals surface area contributed by atoms with E-state index in [4.69, 9.17) is 4.52 Å². The van der Waals surface area contributed by atoms with Gasteiger partial charge in [-0.2, -0.15) is 10.1 Å². The zero-order chi connectivity index (χ0) is 31.5. The molecule has 8 rings (SSSR count). The van der Waals surface area contributed by atoms with Crippen LogP contribution in [-0.2, 0) is 10.5 Å². The summed E-state index contributed by atoms with van der Waals surface area (Å²) in [6.07, 6.45) is -0.414. The second-order valence-corrected chi connectivity index (χ2v) is 14.1. The van der Waals surface area contributed by atoms with Gasteiger partial charge >= 0.3 is 0 Å². The lowest BCUT2D eigenvalue weighted by molar-refractivity contribution is -0.209. The Morgan fingerprint density at radius 1 is 1.20 bits per heavy atom. The number of carbonyl (C=O) groups excluding carboxylic acids is 2. The molecule has 0 aromatic carbocycles. The number of pyridine rings is 1. The molecule has 2 N–H and O–H groups in total. The number of hydrogen-bond acceptors (Lipinski definition) is 9. The smallest absolute Gasteiger partial charge is 0.268 e. The van der Waals surface area contributed by atoms with Crippen molar-refractivity contribution in [2.45, 2.75) is 50.1 Å². The first-order valence-electron chi connectivity index (χ1n) is 14.5. The second kappa shape index (κ2) is 9.48. The Morgan fingerprint density at radius 3 is 2.62 bits per heavy atom. The van der Waals surface area contributed by atoms with E-state index >= 15 is 4.39 Å². The molecule has 16 heteroatoms. The number of amides is 2. The molecule has 2 aliphatic heterocycles. The summed E-state index contributed by atoms with van der Waals surface area (Å²) in [5.41, 5.74) is -2.01. The number of nitrogens with zero attached hydrogens (tertiary/aromatic N) is 6. The second-order valence-electron chi connectivity index (χ2n) is 12.9. The molecule has 2 saturated carbocycles. The number of alkyl halides is 4. The molecule has 4 aromatic heterocycles. The minimum atomic E-state index is -2.76. The molecule has 4 aromatic rings. The lowest BCUT2D eigenvalue weighted by Crippen LogP contribution is -2.70. The van der Waals surface area contributed by atoms with Crippen molar-refractivity contribution in [1.82, 2.24) is 24.7 Å². The molecule has 2 amide bonds. The Kier molecular flexibility index (Phi) is 5.99. The lowest BCUT2D eigenvalue weighted by Gasteiger charge is -2.62. The van der Waals surface area contributed by atoms with E-state index in [1.807, 2.05) is 17.0 Å². The summed E-state index contributed by atoms with van der Waals surface area (Å²) in [5, 5.41) is 21.1. The standard InChI is InChI=1S/C29H27F4N7O4S/c1-14-19(6-21(45-14)22-36-26(44-37-22)28(33)12-39(13-28)24(42)16-5-18(16)30)35-23(41)17-7-34-40-3-2-15(4-20(17)40)38-10-27(11-38)8-29(43,9-27)25(31)32/h2-4,6-7,16,18,25,43H,5,8-13H2,1H3,(H,35,41)/t16-,18-/m0/s1. The van der Waals surface area contributed by atoms with Gasteiger partial charge < -0.3 is 24.7 Å². The van der Waals surface area contributed by atoms with E-state index in [9.17, 15) is 27.9 Å². The van der Waals surface area contributed by atoms with Crippen LogP contribution in [0.15, 0.2) is 35.1 Å².